The number of hydrogen-bond acceptors (Lipinski definition) is 8. The maximum Gasteiger partial charge on any atom is 0.407 e. The molecule has 0 bridgehead atoms. The Morgan fingerprint density at radius 3 is 2.57 bits per heavy atom. The third-order valence-electron chi connectivity index (χ3n) is 7.09. The minimum atomic E-state index is -3.92. The average Bonchev–Trinajstić information content (AvgIpc) is 2.93. The highest BCUT2D eigenvalue weighted by Crippen LogP contribution is 2.28. The Kier molecular flexibility index (Phi) is 8.25. The fourth-order valence-electron chi connectivity index (χ4n) is 5.28. The molecule has 2 aromatic heterocycles. The van der Waals surface area contributed by atoms with Gasteiger partial charge in [0.2, 0.25) is 16.0 Å². The van der Waals surface area contributed by atoms with Crippen LogP contribution in [0.3, 0.4) is 0 Å². The van der Waals surface area contributed by atoms with Gasteiger partial charge in [0.25, 0.3) is 5.56 Å². The zero-order chi connectivity index (χ0) is 31.8. The topological polar surface area (TPSA) is 159 Å². The van der Waals surface area contributed by atoms with Crippen molar-refractivity contribution < 1.29 is 27.1 Å². The van der Waals surface area contributed by atoms with E-state index in [1.54, 1.807) is 44.2 Å². The minimum Gasteiger partial charge on any atom is -0.465 e. The van der Waals surface area contributed by atoms with Crippen LogP contribution < -0.4 is 15.6 Å². The molecule has 44 heavy (non-hydrogen) atoms. The van der Waals surface area contributed by atoms with Gasteiger partial charge >= 0.3 is 6.09 Å². The molecule has 0 unspecified atom stereocenters. The lowest BCUT2D eigenvalue weighted by molar-refractivity contribution is 0.0517. The van der Waals surface area contributed by atoms with E-state index >= 15 is 4.39 Å². The van der Waals surface area contributed by atoms with Gasteiger partial charge in [0.1, 0.15) is 22.7 Å². The Morgan fingerprint density at radius 2 is 1.91 bits per heavy atom. The van der Waals surface area contributed by atoms with E-state index in [4.69, 9.17) is 0 Å². The van der Waals surface area contributed by atoms with Crippen LogP contribution in [0, 0.1) is 5.82 Å². The van der Waals surface area contributed by atoms with Crippen molar-refractivity contribution in [1.29, 1.82) is 0 Å². The lowest BCUT2D eigenvalue weighted by Crippen LogP contribution is -2.54. The van der Waals surface area contributed by atoms with Crippen LogP contribution in [-0.4, -0.2) is 68.8 Å². The first-order valence-corrected chi connectivity index (χ1v) is 15.4. The first kappa shape index (κ1) is 30.8. The van der Waals surface area contributed by atoms with E-state index in [0.717, 1.165) is 11.0 Å². The van der Waals surface area contributed by atoms with Crippen molar-refractivity contribution in [3.8, 4) is 11.3 Å². The fourth-order valence-corrected chi connectivity index (χ4v) is 6.48. The maximum atomic E-state index is 15.2. The van der Waals surface area contributed by atoms with E-state index in [0.29, 0.717) is 5.56 Å². The smallest absolute Gasteiger partial charge is 0.407 e. The molecule has 1 amide bonds. The molecular weight excluding hydrogens is 596 g/mol. The van der Waals surface area contributed by atoms with Crippen molar-refractivity contribution in [2.45, 2.75) is 50.7 Å². The second kappa shape index (κ2) is 11.8. The Hall–Kier alpha value is -4.66. The molecule has 0 aliphatic carbocycles. The molecule has 2 aromatic carbocycles. The molecule has 232 valence electrons. The summed E-state index contributed by atoms with van der Waals surface area (Å²) in [4.78, 5) is 39.2. The minimum absolute atomic E-state index is 0.0222. The Bertz CT molecular complexity index is 1880. The molecule has 5 rings (SSSR count). The number of nitrogens with one attached hydrogen (secondary N) is 2. The van der Waals surface area contributed by atoms with Crippen LogP contribution in [0.2, 0.25) is 0 Å². The first-order valence-electron chi connectivity index (χ1n) is 13.8. The zero-order valence-electron chi connectivity index (χ0n) is 24.2. The number of alkyl halides is 1. The van der Waals surface area contributed by atoms with Gasteiger partial charge in [-0.25, -0.2) is 32.0 Å². The van der Waals surface area contributed by atoms with E-state index < -0.39 is 45.2 Å². The van der Waals surface area contributed by atoms with Crippen molar-refractivity contribution in [2.75, 3.05) is 23.1 Å². The molecule has 1 fully saturated rings. The number of piperidine rings is 1. The number of benzene rings is 2. The number of amides is 1. The van der Waals surface area contributed by atoms with Gasteiger partial charge in [-0.3, -0.25) is 14.1 Å². The Balaban J connectivity index is 1.44. The molecule has 0 spiro atoms. The van der Waals surface area contributed by atoms with E-state index in [2.05, 4.69) is 25.0 Å². The summed E-state index contributed by atoms with van der Waals surface area (Å²) in [5.74, 6) is -1.18. The molecule has 4 aromatic rings. The summed E-state index contributed by atoms with van der Waals surface area (Å²) < 4.78 is 58.8. The van der Waals surface area contributed by atoms with E-state index in [1.165, 1.54) is 29.8 Å². The average molecular weight is 628 g/mol. The maximum absolute atomic E-state index is 15.2. The molecule has 2 atom stereocenters. The van der Waals surface area contributed by atoms with Gasteiger partial charge < -0.3 is 15.3 Å². The summed E-state index contributed by atoms with van der Waals surface area (Å²) >= 11 is 0. The Labute approximate surface area is 251 Å². The number of sulfonamides is 1. The van der Waals surface area contributed by atoms with Crippen molar-refractivity contribution >= 4 is 38.9 Å². The van der Waals surface area contributed by atoms with Crippen LogP contribution in [0.15, 0.2) is 59.5 Å². The van der Waals surface area contributed by atoms with Crippen LogP contribution in [0.25, 0.3) is 22.4 Å². The van der Waals surface area contributed by atoms with Gasteiger partial charge in [0.05, 0.1) is 24.2 Å². The van der Waals surface area contributed by atoms with Gasteiger partial charge in [-0.2, -0.15) is 4.98 Å². The molecule has 3 heterocycles. The second-order valence-electron chi connectivity index (χ2n) is 11.3. The largest absolute Gasteiger partial charge is 0.465 e. The first-order chi connectivity index (χ1) is 20.7. The summed E-state index contributed by atoms with van der Waals surface area (Å²) in [5, 5.41) is 12.4. The van der Waals surface area contributed by atoms with Crippen LogP contribution in [0.5, 0.6) is 0 Å². The number of nitrogens with zero attached hydrogens (tertiary/aromatic N) is 5. The van der Waals surface area contributed by atoms with Crippen molar-refractivity contribution in [3.63, 3.8) is 0 Å². The normalized spacial score (nSPS) is 18.9. The number of carboxylic acid groups (broad SMARTS) is 1. The molecular formula is C29H31F2N7O5S. The number of hydrogen-bond donors (Lipinski definition) is 3. The van der Waals surface area contributed by atoms with Crippen LogP contribution in [-0.2, 0) is 15.8 Å². The van der Waals surface area contributed by atoms with E-state index in [9.17, 15) is 27.5 Å². The SMILES string of the molecule is CC(C)n1c(=O)c(-c2ccc(NS(=O)(=O)Cc3ccccc3)c(F)c2)nc2cnc(N[C@@H]3CN(C(=O)O)C[C@@](C)(F)C3)nc21. The van der Waals surface area contributed by atoms with E-state index in [1.807, 2.05) is 0 Å². The van der Waals surface area contributed by atoms with E-state index in [-0.39, 0.29) is 59.3 Å². The summed E-state index contributed by atoms with van der Waals surface area (Å²) in [6.07, 6.45) is 0.150. The number of halogens is 2. The summed E-state index contributed by atoms with van der Waals surface area (Å²) in [7, 11) is -3.92. The number of aromatic nitrogens is 4. The van der Waals surface area contributed by atoms with Crippen molar-refractivity contribution in [3.05, 3.63) is 76.5 Å². The summed E-state index contributed by atoms with van der Waals surface area (Å²) in [5.41, 5.74) is -1.64. The van der Waals surface area contributed by atoms with Gasteiger partial charge in [-0.15, -0.1) is 0 Å². The monoisotopic (exact) mass is 627 g/mol. The number of rotatable bonds is 8. The van der Waals surface area contributed by atoms with Gasteiger partial charge in [-0.05, 0) is 38.5 Å². The molecule has 0 saturated carbocycles. The van der Waals surface area contributed by atoms with Crippen LogP contribution in [0.4, 0.5) is 25.2 Å². The quantitative estimate of drug-likeness (QED) is 0.257. The van der Waals surface area contributed by atoms with Crippen molar-refractivity contribution in [2.24, 2.45) is 0 Å². The van der Waals surface area contributed by atoms with Crippen molar-refractivity contribution in [1.82, 2.24) is 24.4 Å². The molecule has 0 radical (unpaired) electrons. The highest BCUT2D eigenvalue weighted by Gasteiger charge is 2.38. The molecule has 12 nitrogen and oxygen atoms in total. The number of likely N-dealkylation sites (tertiary alicyclic amines) is 1. The predicted octanol–water partition coefficient (Wildman–Crippen LogP) is 4.41. The number of carbonyl (C=O) groups is 1. The lowest BCUT2D eigenvalue weighted by Gasteiger charge is -2.38. The van der Waals surface area contributed by atoms with Crippen LogP contribution >= 0.6 is 0 Å². The summed E-state index contributed by atoms with van der Waals surface area (Å²) in [6.45, 7) is 4.61. The highest BCUT2D eigenvalue weighted by molar-refractivity contribution is 7.91. The predicted molar refractivity (Wildman–Crippen MR) is 161 cm³/mol. The van der Waals surface area contributed by atoms with Gasteiger partial charge in [0.15, 0.2) is 5.65 Å². The number of fused-ring (bicyclic) bond motifs is 1. The summed E-state index contributed by atoms with van der Waals surface area (Å²) in [6, 6.07) is 11.1. The zero-order valence-corrected chi connectivity index (χ0v) is 25.0. The van der Waals surface area contributed by atoms with Crippen LogP contribution in [0.1, 0.15) is 38.8 Å². The standard InChI is InChI=1S/C29H31F2N7O5S/c1-17(2)38-25-23(13-32-27(35-25)33-20-12-29(3,31)16-37(14-20)28(40)41)34-24(26(38)39)19-9-10-22(21(30)11-19)36-44(42,43)15-18-7-5-4-6-8-18/h4-11,13,17,20,36H,12,14-16H2,1-3H3,(H,40,41)(H,32,33,35)/t20-,29-/m0/s1. The third kappa shape index (κ3) is 6.77. The molecule has 1 saturated heterocycles. The lowest BCUT2D eigenvalue weighted by atomic mass is 9.93. The highest BCUT2D eigenvalue weighted by atomic mass is 32.2. The molecule has 3 N–H and O–H groups in total. The Morgan fingerprint density at radius 1 is 1.18 bits per heavy atom. The molecule has 1 aliphatic rings. The molecule has 1 aliphatic heterocycles. The van der Waals surface area contributed by atoms with Gasteiger partial charge in [0, 0.05) is 30.6 Å². The second-order valence-corrected chi connectivity index (χ2v) is 13.0. The fraction of sp³-hybridized carbons (Fsp3) is 0.345. The number of anilines is 2. The molecule has 15 heteroatoms. The van der Waals surface area contributed by atoms with Gasteiger partial charge in [-0.1, -0.05) is 36.4 Å². The third-order valence-corrected chi connectivity index (χ3v) is 8.34.